The van der Waals surface area contributed by atoms with Gasteiger partial charge in [0, 0.05) is 12.8 Å². The second-order valence-electron chi connectivity index (χ2n) is 7.39. The molecule has 0 radical (unpaired) electrons. The van der Waals surface area contributed by atoms with Gasteiger partial charge in [-0.15, -0.1) is 0 Å². The predicted molar refractivity (Wildman–Crippen MR) is 116 cm³/mol. The van der Waals surface area contributed by atoms with Crippen molar-refractivity contribution < 1.29 is 19.1 Å². The number of hydrogen-bond donors (Lipinski definition) is 1. The summed E-state index contributed by atoms with van der Waals surface area (Å²) in [4.78, 5) is 24.8. The Balaban J connectivity index is 1.75. The lowest BCUT2D eigenvalue weighted by atomic mass is 9.84. The number of carbonyl (C=O) groups is 2. The number of esters is 2. The van der Waals surface area contributed by atoms with Gasteiger partial charge >= 0.3 is 11.9 Å². The highest BCUT2D eigenvalue weighted by atomic mass is 127. The molecule has 0 bridgehead atoms. The number of halogens is 1. The van der Waals surface area contributed by atoms with E-state index in [0.717, 1.165) is 31.5 Å². The number of nitrogens with one attached hydrogen (secondary N) is 1. The van der Waals surface area contributed by atoms with Crippen LogP contribution in [-0.2, 0) is 15.1 Å². The van der Waals surface area contributed by atoms with Crippen molar-refractivity contribution >= 4 is 34.5 Å². The third kappa shape index (κ3) is 4.91. The Labute approximate surface area is 178 Å². The summed E-state index contributed by atoms with van der Waals surface area (Å²) >= 11 is 2.03. The van der Waals surface area contributed by atoms with Crippen LogP contribution in [0.15, 0.2) is 54.6 Å². The topological polar surface area (TPSA) is 64.6 Å². The van der Waals surface area contributed by atoms with Gasteiger partial charge in [0.1, 0.15) is 14.8 Å². The quantitative estimate of drug-likeness (QED) is 0.292. The average molecular weight is 493 g/mol. The maximum atomic E-state index is 12.8. The molecule has 0 atom stereocenters. The van der Waals surface area contributed by atoms with Crippen LogP contribution in [0.1, 0.15) is 42.6 Å². The lowest BCUT2D eigenvalue weighted by Gasteiger charge is -2.37. The summed E-state index contributed by atoms with van der Waals surface area (Å²) in [5.74, 6) is -0.301. The molecule has 6 heteroatoms. The molecule has 1 aliphatic heterocycles. The van der Waals surface area contributed by atoms with Crippen molar-refractivity contribution in [3.63, 3.8) is 0 Å². The van der Waals surface area contributed by atoms with E-state index in [2.05, 4.69) is 5.32 Å². The molecule has 1 saturated heterocycles. The second kappa shape index (κ2) is 8.61. The van der Waals surface area contributed by atoms with Crippen molar-refractivity contribution in [3.05, 3.63) is 65.7 Å². The monoisotopic (exact) mass is 493 g/mol. The smallest absolute Gasteiger partial charge is 0.339 e. The molecule has 0 aliphatic carbocycles. The molecule has 0 saturated carbocycles. The van der Waals surface area contributed by atoms with E-state index in [1.54, 1.807) is 38.1 Å². The van der Waals surface area contributed by atoms with E-state index in [1.807, 2.05) is 52.9 Å². The molecule has 5 nitrogen and oxygen atoms in total. The first-order chi connectivity index (χ1) is 13.3. The molecule has 148 valence electrons. The van der Waals surface area contributed by atoms with Crippen LogP contribution < -0.4 is 10.1 Å². The van der Waals surface area contributed by atoms with Crippen LogP contribution >= 0.6 is 22.6 Å². The van der Waals surface area contributed by atoms with Crippen LogP contribution in [0, 0.1) is 0 Å². The Morgan fingerprint density at radius 2 is 1.61 bits per heavy atom. The first kappa shape index (κ1) is 20.8. The molecule has 1 heterocycles. The van der Waals surface area contributed by atoms with Gasteiger partial charge in [-0.2, -0.15) is 0 Å². The lowest BCUT2D eigenvalue weighted by Crippen LogP contribution is -2.43. The summed E-state index contributed by atoms with van der Waals surface area (Å²) in [7, 11) is 0. The van der Waals surface area contributed by atoms with Crippen LogP contribution in [0.3, 0.4) is 0 Å². The number of carbonyl (C=O) groups excluding carboxylic acids is 2. The normalized spacial score (nSPS) is 16.2. The minimum absolute atomic E-state index is 0.332. The zero-order chi connectivity index (χ0) is 20.2. The highest BCUT2D eigenvalue weighted by Gasteiger charge is 2.38. The molecule has 1 N–H and O–H groups in total. The van der Waals surface area contributed by atoms with E-state index < -0.39 is 9.02 Å². The number of alkyl halides is 1. The van der Waals surface area contributed by atoms with Gasteiger partial charge in [0.2, 0.25) is 0 Å². The SMILES string of the molecule is CC(C)(I)C(=O)Oc1ccc(C(=O)OC2(c3ccccc3)CCNCC2)cc1. The molecule has 1 aliphatic rings. The Hall–Kier alpha value is -1.93. The van der Waals surface area contributed by atoms with Gasteiger partial charge in [-0.1, -0.05) is 52.9 Å². The van der Waals surface area contributed by atoms with Gasteiger partial charge in [-0.05, 0) is 56.8 Å². The molecule has 0 amide bonds. The maximum absolute atomic E-state index is 12.8. The molecule has 2 aromatic rings. The Morgan fingerprint density at radius 1 is 1.00 bits per heavy atom. The number of rotatable bonds is 5. The number of piperidine rings is 1. The third-order valence-corrected chi connectivity index (χ3v) is 5.23. The average Bonchev–Trinajstić information content (AvgIpc) is 2.69. The fourth-order valence-corrected chi connectivity index (χ4v) is 3.26. The number of benzene rings is 2. The van der Waals surface area contributed by atoms with Crippen molar-refractivity contribution in [2.24, 2.45) is 0 Å². The predicted octanol–water partition coefficient (Wildman–Crippen LogP) is 4.24. The number of ether oxygens (including phenoxy) is 2. The van der Waals surface area contributed by atoms with E-state index in [-0.39, 0.29) is 11.9 Å². The molecule has 28 heavy (non-hydrogen) atoms. The molecule has 3 rings (SSSR count). The second-order valence-corrected chi connectivity index (χ2v) is 10.1. The van der Waals surface area contributed by atoms with Gasteiger partial charge in [0.15, 0.2) is 0 Å². The van der Waals surface area contributed by atoms with Crippen molar-refractivity contribution in [2.45, 2.75) is 35.7 Å². The fourth-order valence-electron chi connectivity index (χ4n) is 3.15. The molecule has 1 fully saturated rings. The van der Waals surface area contributed by atoms with Gasteiger partial charge in [-0.25, -0.2) is 4.79 Å². The summed E-state index contributed by atoms with van der Waals surface area (Å²) in [6.07, 6.45) is 1.45. The Bertz CT molecular complexity index is 822. The molecular formula is C22H24INO4. The Kier molecular flexibility index (Phi) is 6.40. The third-order valence-electron chi connectivity index (χ3n) is 4.79. The van der Waals surface area contributed by atoms with Crippen LogP contribution in [0.25, 0.3) is 0 Å². The van der Waals surface area contributed by atoms with E-state index in [9.17, 15) is 9.59 Å². The van der Waals surface area contributed by atoms with E-state index in [4.69, 9.17) is 9.47 Å². The van der Waals surface area contributed by atoms with Crippen molar-refractivity contribution in [3.8, 4) is 5.75 Å². The minimum Gasteiger partial charge on any atom is -0.450 e. The highest BCUT2D eigenvalue weighted by Crippen LogP contribution is 2.35. The van der Waals surface area contributed by atoms with Crippen LogP contribution in [0.2, 0.25) is 0 Å². The van der Waals surface area contributed by atoms with E-state index >= 15 is 0 Å². The van der Waals surface area contributed by atoms with Crippen molar-refractivity contribution in [1.29, 1.82) is 0 Å². The standard InChI is InChI=1S/C22H24INO4/c1-21(2,23)20(26)27-18-10-8-16(9-11-18)19(25)28-22(12-14-24-15-13-22)17-6-4-3-5-7-17/h3-11,24H,12-15H2,1-2H3. The summed E-state index contributed by atoms with van der Waals surface area (Å²) < 4.78 is 10.8. The van der Waals surface area contributed by atoms with Gasteiger partial charge in [0.05, 0.1) is 5.56 Å². The summed E-state index contributed by atoms with van der Waals surface area (Å²) in [6, 6.07) is 16.4. The fraction of sp³-hybridized carbons (Fsp3) is 0.364. The summed E-state index contributed by atoms with van der Waals surface area (Å²) in [6.45, 7) is 5.15. The molecular weight excluding hydrogens is 469 g/mol. The molecule has 2 aromatic carbocycles. The first-order valence-corrected chi connectivity index (χ1v) is 10.4. The summed E-state index contributed by atoms with van der Waals surface area (Å²) in [5.41, 5.74) is 0.821. The lowest BCUT2D eigenvalue weighted by molar-refractivity contribution is -0.135. The van der Waals surface area contributed by atoms with Gasteiger partial charge in [-0.3, -0.25) is 4.79 Å². The zero-order valence-corrected chi connectivity index (χ0v) is 18.2. The maximum Gasteiger partial charge on any atom is 0.339 e. The molecule has 0 unspecified atom stereocenters. The highest BCUT2D eigenvalue weighted by molar-refractivity contribution is 14.1. The summed E-state index contributed by atoms with van der Waals surface area (Å²) in [5, 5.41) is 3.32. The molecule has 0 spiro atoms. The number of hydrogen-bond acceptors (Lipinski definition) is 5. The van der Waals surface area contributed by atoms with Crippen LogP contribution in [0.5, 0.6) is 5.75 Å². The largest absolute Gasteiger partial charge is 0.450 e. The van der Waals surface area contributed by atoms with E-state index in [0.29, 0.717) is 11.3 Å². The van der Waals surface area contributed by atoms with Crippen LogP contribution in [0.4, 0.5) is 0 Å². The van der Waals surface area contributed by atoms with Crippen molar-refractivity contribution in [2.75, 3.05) is 13.1 Å². The first-order valence-electron chi connectivity index (χ1n) is 9.31. The van der Waals surface area contributed by atoms with E-state index in [1.165, 1.54) is 0 Å². The van der Waals surface area contributed by atoms with Gasteiger partial charge < -0.3 is 14.8 Å². The van der Waals surface area contributed by atoms with Gasteiger partial charge in [0.25, 0.3) is 0 Å². The Morgan fingerprint density at radius 3 is 2.18 bits per heavy atom. The molecule has 0 aromatic heterocycles. The zero-order valence-electron chi connectivity index (χ0n) is 16.0. The van der Waals surface area contributed by atoms with Crippen molar-refractivity contribution in [1.82, 2.24) is 5.32 Å². The van der Waals surface area contributed by atoms with Crippen LogP contribution in [-0.4, -0.2) is 28.4 Å². The minimum atomic E-state index is -0.625.